The van der Waals surface area contributed by atoms with E-state index in [-0.39, 0.29) is 11.8 Å². The quantitative estimate of drug-likeness (QED) is 0.416. The number of ether oxygens (including phenoxy) is 2. The molecule has 1 aromatic carbocycles. The molecule has 0 fully saturated rings. The van der Waals surface area contributed by atoms with Gasteiger partial charge in [-0.25, -0.2) is 0 Å². The van der Waals surface area contributed by atoms with Crippen LogP contribution in [0.15, 0.2) is 23.2 Å². The Bertz CT molecular complexity index is 602. The number of aliphatic imine (C=N–C) groups is 1. The molecule has 7 heteroatoms. The van der Waals surface area contributed by atoms with E-state index in [0.29, 0.717) is 32.3 Å². The number of anilines is 1. The summed E-state index contributed by atoms with van der Waals surface area (Å²) in [4.78, 5) is 16.0. The number of nitrogens with one attached hydrogen (secondary N) is 3. The molecule has 7 nitrogen and oxygen atoms in total. The average Bonchev–Trinajstić information content (AvgIpc) is 2.83. The summed E-state index contributed by atoms with van der Waals surface area (Å²) in [6, 6.07) is 5.74. The van der Waals surface area contributed by atoms with Crippen molar-refractivity contribution in [2.45, 2.75) is 27.2 Å². The van der Waals surface area contributed by atoms with Crippen LogP contribution in [0.1, 0.15) is 27.2 Å². The standard InChI is InChI=1S/C18H28N4O3/c1-4-19-18(21-9-8-20-17(23)13(2)3)22-14-6-7-15-16(12-14)25-11-5-10-24-15/h6-7,12-13H,4-5,8-11H2,1-3H3,(H,20,23)(H2,19,21,22). The number of hydrogen-bond acceptors (Lipinski definition) is 4. The molecule has 1 aliphatic heterocycles. The zero-order chi connectivity index (χ0) is 18.1. The predicted molar refractivity (Wildman–Crippen MR) is 99.5 cm³/mol. The zero-order valence-corrected chi connectivity index (χ0v) is 15.2. The van der Waals surface area contributed by atoms with Gasteiger partial charge in [-0.1, -0.05) is 13.8 Å². The molecule has 1 amide bonds. The Morgan fingerprint density at radius 3 is 2.68 bits per heavy atom. The maximum Gasteiger partial charge on any atom is 0.222 e. The summed E-state index contributed by atoms with van der Waals surface area (Å²) >= 11 is 0. The normalized spacial score (nSPS) is 14.0. The zero-order valence-electron chi connectivity index (χ0n) is 15.2. The molecule has 0 saturated heterocycles. The van der Waals surface area contributed by atoms with Crippen molar-refractivity contribution in [1.82, 2.24) is 10.6 Å². The highest BCUT2D eigenvalue weighted by Crippen LogP contribution is 2.32. The van der Waals surface area contributed by atoms with Gasteiger partial charge in [-0.15, -0.1) is 0 Å². The topological polar surface area (TPSA) is 84.0 Å². The Kier molecular flexibility index (Phi) is 7.37. The summed E-state index contributed by atoms with van der Waals surface area (Å²) in [7, 11) is 0. The second kappa shape index (κ2) is 9.76. The third-order valence-corrected chi connectivity index (χ3v) is 3.56. The molecule has 0 spiro atoms. The van der Waals surface area contributed by atoms with Crippen LogP contribution in [0.25, 0.3) is 0 Å². The van der Waals surface area contributed by atoms with Gasteiger partial charge in [0.1, 0.15) is 0 Å². The fourth-order valence-electron chi connectivity index (χ4n) is 2.24. The third kappa shape index (κ3) is 6.17. The lowest BCUT2D eigenvalue weighted by atomic mass is 10.2. The minimum Gasteiger partial charge on any atom is -0.490 e. The fraction of sp³-hybridized carbons (Fsp3) is 0.556. The number of fused-ring (bicyclic) bond motifs is 1. The van der Waals surface area contributed by atoms with Crippen LogP contribution in [0.4, 0.5) is 5.69 Å². The van der Waals surface area contributed by atoms with Gasteiger partial charge in [-0.3, -0.25) is 9.79 Å². The van der Waals surface area contributed by atoms with Crippen molar-refractivity contribution >= 4 is 17.6 Å². The summed E-state index contributed by atoms with van der Waals surface area (Å²) in [5.74, 6) is 2.19. The van der Waals surface area contributed by atoms with Gasteiger partial charge in [0.15, 0.2) is 17.5 Å². The van der Waals surface area contributed by atoms with Crippen LogP contribution in [0.3, 0.4) is 0 Å². The first-order chi connectivity index (χ1) is 12.1. The lowest BCUT2D eigenvalue weighted by Gasteiger charge is -2.14. The summed E-state index contributed by atoms with van der Waals surface area (Å²) in [6.07, 6.45) is 0.879. The van der Waals surface area contributed by atoms with E-state index in [0.717, 1.165) is 30.2 Å². The van der Waals surface area contributed by atoms with Crippen LogP contribution >= 0.6 is 0 Å². The summed E-state index contributed by atoms with van der Waals surface area (Å²) < 4.78 is 11.3. The van der Waals surface area contributed by atoms with E-state index in [1.807, 2.05) is 39.0 Å². The number of nitrogens with zero attached hydrogens (tertiary/aromatic N) is 1. The minimum atomic E-state index is -0.0165. The van der Waals surface area contributed by atoms with Gasteiger partial charge in [0.25, 0.3) is 0 Å². The number of guanidine groups is 1. The minimum absolute atomic E-state index is 0.0165. The van der Waals surface area contributed by atoms with E-state index >= 15 is 0 Å². The molecule has 2 rings (SSSR count). The molecule has 1 aliphatic rings. The number of rotatable bonds is 6. The van der Waals surface area contributed by atoms with Gasteiger partial charge < -0.3 is 25.4 Å². The molecule has 0 radical (unpaired) electrons. The van der Waals surface area contributed by atoms with E-state index in [1.54, 1.807) is 0 Å². The smallest absolute Gasteiger partial charge is 0.222 e. The number of carbonyl (C=O) groups is 1. The molecule has 3 N–H and O–H groups in total. The molecular formula is C18H28N4O3. The number of amides is 1. The number of carbonyl (C=O) groups excluding carboxylic acids is 1. The van der Waals surface area contributed by atoms with Crippen LogP contribution in [0.2, 0.25) is 0 Å². The molecule has 0 aliphatic carbocycles. The lowest BCUT2D eigenvalue weighted by Crippen LogP contribution is -2.33. The van der Waals surface area contributed by atoms with E-state index < -0.39 is 0 Å². The molecule has 138 valence electrons. The van der Waals surface area contributed by atoms with Crippen molar-refractivity contribution in [2.75, 3.05) is 38.2 Å². The first-order valence-electron chi connectivity index (χ1n) is 8.83. The highest BCUT2D eigenvalue weighted by atomic mass is 16.5. The van der Waals surface area contributed by atoms with Crippen molar-refractivity contribution in [1.29, 1.82) is 0 Å². The molecule has 0 saturated carbocycles. The van der Waals surface area contributed by atoms with Crippen molar-refractivity contribution in [3.8, 4) is 11.5 Å². The molecule has 0 atom stereocenters. The van der Waals surface area contributed by atoms with E-state index in [2.05, 4.69) is 20.9 Å². The van der Waals surface area contributed by atoms with Crippen LogP contribution in [0.5, 0.6) is 11.5 Å². The highest BCUT2D eigenvalue weighted by Gasteiger charge is 2.11. The van der Waals surface area contributed by atoms with Gasteiger partial charge in [0.2, 0.25) is 5.91 Å². The molecule has 1 heterocycles. The Hall–Kier alpha value is -2.44. The average molecular weight is 348 g/mol. The molecular weight excluding hydrogens is 320 g/mol. The van der Waals surface area contributed by atoms with Gasteiger partial charge in [0, 0.05) is 37.2 Å². The molecule has 25 heavy (non-hydrogen) atoms. The first kappa shape index (κ1) is 18.9. The highest BCUT2D eigenvalue weighted by molar-refractivity contribution is 5.94. The van der Waals surface area contributed by atoms with Crippen LogP contribution in [-0.4, -0.2) is 44.7 Å². The molecule has 0 unspecified atom stereocenters. The number of benzene rings is 1. The van der Waals surface area contributed by atoms with Crippen LogP contribution in [-0.2, 0) is 4.79 Å². The van der Waals surface area contributed by atoms with E-state index in [4.69, 9.17) is 9.47 Å². The second-order valence-electron chi connectivity index (χ2n) is 6.04. The van der Waals surface area contributed by atoms with Gasteiger partial charge >= 0.3 is 0 Å². The Labute approximate surface area is 149 Å². The predicted octanol–water partition coefficient (Wildman–Crippen LogP) is 2.00. The summed E-state index contributed by atoms with van der Waals surface area (Å²) in [5.41, 5.74) is 0.871. The summed E-state index contributed by atoms with van der Waals surface area (Å²) in [5, 5.41) is 9.29. The van der Waals surface area contributed by atoms with E-state index in [1.165, 1.54) is 0 Å². The maximum atomic E-state index is 11.6. The SMILES string of the molecule is CCNC(=NCCNC(=O)C(C)C)Nc1ccc2c(c1)OCCCO2. The first-order valence-corrected chi connectivity index (χ1v) is 8.83. The molecule has 0 bridgehead atoms. The van der Waals surface area contributed by atoms with E-state index in [9.17, 15) is 4.79 Å². The Balaban J connectivity index is 1.95. The molecule has 0 aromatic heterocycles. The second-order valence-corrected chi connectivity index (χ2v) is 6.04. The van der Waals surface area contributed by atoms with Crippen LogP contribution < -0.4 is 25.4 Å². The Morgan fingerprint density at radius 2 is 1.96 bits per heavy atom. The lowest BCUT2D eigenvalue weighted by molar-refractivity contribution is -0.123. The third-order valence-electron chi connectivity index (χ3n) is 3.56. The van der Waals surface area contributed by atoms with Crippen molar-refractivity contribution in [2.24, 2.45) is 10.9 Å². The maximum absolute atomic E-state index is 11.6. The molecule has 1 aromatic rings. The number of hydrogen-bond donors (Lipinski definition) is 3. The van der Waals surface area contributed by atoms with Crippen molar-refractivity contribution in [3.05, 3.63) is 18.2 Å². The Morgan fingerprint density at radius 1 is 1.20 bits per heavy atom. The van der Waals surface area contributed by atoms with Crippen molar-refractivity contribution in [3.63, 3.8) is 0 Å². The van der Waals surface area contributed by atoms with Gasteiger partial charge in [-0.05, 0) is 19.1 Å². The van der Waals surface area contributed by atoms with Crippen LogP contribution in [0, 0.1) is 5.92 Å². The fourth-order valence-corrected chi connectivity index (χ4v) is 2.24. The van der Waals surface area contributed by atoms with Crippen molar-refractivity contribution < 1.29 is 14.3 Å². The van der Waals surface area contributed by atoms with Gasteiger partial charge in [-0.2, -0.15) is 0 Å². The monoisotopic (exact) mass is 348 g/mol. The largest absolute Gasteiger partial charge is 0.490 e. The summed E-state index contributed by atoms with van der Waals surface area (Å²) in [6.45, 7) is 8.82. The van der Waals surface area contributed by atoms with Gasteiger partial charge in [0.05, 0.1) is 19.8 Å².